The van der Waals surface area contributed by atoms with Crippen molar-refractivity contribution in [1.82, 2.24) is 5.32 Å². The van der Waals surface area contributed by atoms with Crippen LogP contribution in [0.25, 0.3) is 0 Å². The number of aliphatic hydroxyl groups excluding tert-OH is 1. The fourth-order valence-corrected chi connectivity index (χ4v) is 0.777. The summed E-state index contributed by atoms with van der Waals surface area (Å²) in [5, 5.41) is 11.2. The molecule has 0 heterocycles. The van der Waals surface area contributed by atoms with Crippen molar-refractivity contribution in [3.63, 3.8) is 0 Å². The van der Waals surface area contributed by atoms with Gasteiger partial charge >= 0.3 is 0 Å². The predicted octanol–water partition coefficient (Wildman–Crippen LogP) is 1.06. The zero-order valence-corrected chi connectivity index (χ0v) is 8.37. The molecule has 0 saturated carbocycles. The summed E-state index contributed by atoms with van der Waals surface area (Å²) in [6, 6.07) is 0. The van der Waals surface area contributed by atoms with E-state index < -0.39 is 0 Å². The molecule has 0 fully saturated rings. The third-order valence-corrected chi connectivity index (χ3v) is 1.50. The summed E-state index contributed by atoms with van der Waals surface area (Å²) in [6.07, 6.45) is 8.01. The zero-order valence-electron chi connectivity index (χ0n) is 8.37. The third kappa shape index (κ3) is 7.34. The van der Waals surface area contributed by atoms with Gasteiger partial charge in [-0.15, -0.1) is 6.58 Å². The molecule has 0 unspecified atom stereocenters. The zero-order chi connectivity index (χ0) is 10.8. The molecule has 4 N–H and O–H groups in total. The second-order valence-electron chi connectivity index (χ2n) is 2.80. The lowest BCUT2D eigenvalue weighted by atomic mass is 10.2. The molecule has 0 aliphatic heterocycles. The van der Waals surface area contributed by atoms with E-state index in [1.165, 1.54) is 0 Å². The van der Waals surface area contributed by atoms with E-state index in [-0.39, 0.29) is 6.73 Å². The topological polar surface area (TPSA) is 58.3 Å². The Bertz CT molecular complexity index is 242. The fraction of sp³-hybridized carbons (Fsp3) is 0.273. The molecule has 0 radical (unpaired) electrons. The van der Waals surface area contributed by atoms with Crippen molar-refractivity contribution in [2.75, 3.05) is 13.3 Å². The van der Waals surface area contributed by atoms with Crippen LogP contribution in [0.3, 0.4) is 0 Å². The molecule has 0 aromatic carbocycles. The van der Waals surface area contributed by atoms with Crippen LogP contribution < -0.4 is 11.1 Å². The van der Waals surface area contributed by atoms with Crippen LogP contribution in [0, 0.1) is 0 Å². The Balaban J connectivity index is 3.90. The van der Waals surface area contributed by atoms with Gasteiger partial charge in [-0.3, -0.25) is 5.32 Å². The second kappa shape index (κ2) is 8.29. The molecule has 0 amide bonds. The molecule has 0 bridgehead atoms. The summed E-state index contributed by atoms with van der Waals surface area (Å²) < 4.78 is 0. The summed E-state index contributed by atoms with van der Waals surface area (Å²) in [5.74, 6) is 0. The number of aliphatic hydroxyl groups is 1. The van der Waals surface area contributed by atoms with Gasteiger partial charge in [-0.1, -0.05) is 24.8 Å². The highest BCUT2D eigenvalue weighted by Gasteiger charge is 1.87. The van der Waals surface area contributed by atoms with E-state index in [1.54, 1.807) is 12.2 Å². The van der Waals surface area contributed by atoms with Crippen LogP contribution in [-0.4, -0.2) is 18.4 Å². The van der Waals surface area contributed by atoms with Gasteiger partial charge in [0.2, 0.25) is 0 Å². The van der Waals surface area contributed by atoms with Crippen molar-refractivity contribution >= 4 is 0 Å². The van der Waals surface area contributed by atoms with E-state index in [9.17, 15) is 0 Å². The quantitative estimate of drug-likeness (QED) is 0.322. The molecule has 0 spiro atoms. The maximum Gasteiger partial charge on any atom is 0.0934 e. The van der Waals surface area contributed by atoms with E-state index in [2.05, 4.69) is 18.5 Å². The average molecular weight is 194 g/mol. The first-order valence-corrected chi connectivity index (χ1v) is 4.44. The Hall–Kier alpha value is -1.32. The van der Waals surface area contributed by atoms with Gasteiger partial charge in [0, 0.05) is 12.2 Å². The van der Waals surface area contributed by atoms with Crippen LogP contribution in [0.4, 0.5) is 0 Å². The largest absolute Gasteiger partial charge is 0.399 e. The molecular formula is C11H18N2O. The molecule has 3 nitrogen and oxygen atoms in total. The van der Waals surface area contributed by atoms with E-state index in [0.29, 0.717) is 12.2 Å². The highest BCUT2D eigenvalue weighted by molar-refractivity contribution is 5.25. The minimum atomic E-state index is -0.0470. The van der Waals surface area contributed by atoms with E-state index in [1.807, 2.05) is 12.2 Å². The van der Waals surface area contributed by atoms with Crippen molar-refractivity contribution in [3.8, 4) is 0 Å². The number of allylic oxidation sites excluding steroid dienone is 3. The van der Waals surface area contributed by atoms with Gasteiger partial charge in [0.15, 0.2) is 0 Å². The average Bonchev–Trinajstić information content (AvgIpc) is 2.20. The maximum absolute atomic E-state index is 8.49. The van der Waals surface area contributed by atoms with Crippen LogP contribution in [0.5, 0.6) is 0 Å². The van der Waals surface area contributed by atoms with Crippen molar-refractivity contribution in [2.24, 2.45) is 5.73 Å². The third-order valence-electron chi connectivity index (χ3n) is 1.50. The van der Waals surface area contributed by atoms with Crippen molar-refractivity contribution < 1.29 is 5.11 Å². The van der Waals surface area contributed by atoms with Crippen LogP contribution in [-0.2, 0) is 0 Å². The molecule has 0 atom stereocenters. The lowest BCUT2D eigenvalue weighted by Crippen LogP contribution is -2.16. The maximum atomic E-state index is 8.49. The number of hydrogen-bond acceptors (Lipinski definition) is 3. The van der Waals surface area contributed by atoms with E-state index >= 15 is 0 Å². The first-order chi connectivity index (χ1) is 6.70. The molecule has 0 saturated heterocycles. The Kier molecular flexibility index (Phi) is 7.50. The van der Waals surface area contributed by atoms with Crippen molar-refractivity contribution in [2.45, 2.75) is 6.42 Å². The minimum absolute atomic E-state index is 0.0470. The molecule has 0 aromatic heterocycles. The molecule has 0 rings (SSSR count). The summed E-state index contributed by atoms with van der Waals surface area (Å²) in [6.45, 7) is 7.88. The monoisotopic (exact) mass is 194 g/mol. The Labute approximate surface area is 85.3 Å². The molecular weight excluding hydrogens is 176 g/mol. The lowest BCUT2D eigenvalue weighted by molar-refractivity contribution is 0.266. The summed E-state index contributed by atoms with van der Waals surface area (Å²) in [5.41, 5.74) is 7.21. The summed E-state index contributed by atoms with van der Waals surface area (Å²) in [7, 11) is 0. The summed E-state index contributed by atoms with van der Waals surface area (Å²) in [4.78, 5) is 0. The molecule has 14 heavy (non-hydrogen) atoms. The highest BCUT2D eigenvalue weighted by Crippen LogP contribution is 1.96. The first-order valence-electron chi connectivity index (χ1n) is 4.44. The SMILES string of the molecule is C=CCC=C(N)/C=C\C(=C)CNCO. The van der Waals surface area contributed by atoms with Gasteiger partial charge in [-0.05, 0) is 18.1 Å². The lowest BCUT2D eigenvalue weighted by Gasteiger charge is -1.99. The van der Waals surface area contributed by atoms with Crippen LogP contribution >= 0.6 is 0 Å². The number of hydrogen-bond donors (Lipinski definition) is 3. The van der Waals surface area contributed by atoms with Gasteiger partial charge in [-0.2, -0.15) is 0 Å². The number of nitrogens with two attached hydrogens (primary N) is 1. The van der Waals surface area contributed by atoms with Crippen LogP contribution in [0.1, 0.15) is 6.42 Å². The molecule has 3 heteroatoms. The van der Waals surface area contributed by atoms with Gasteiger partial charge in [0.1, 0.15) is 0 Å². The fourth-order valence-electron chi connectivity index (χ4n) is 0.777. The Morgan fingerprint density at radius 3 is 2.71 bits per heavy atom. The highest BCUT2D eigenvalue weighted by atomic mass is 16.3. The summed E-state index contributed by atoms with van der Waals surface area (Å²) >= 11 is 0. The Morgan fingerprint density at radius 2 is 2.14 bits per heavy atom. The van der Waals surface area contributed by atoms with Crippen molar-refractivity contribution in [3.05, 3.63) is 48.7 Å². The van der Waals surface area contributed by atoms with Gasteiger partial charge in [0.05, 0.1) is 6.73 Å². The molecule has 78 valence electrons. The Morgan fingerprint density at radius 1 is 1.43 bits per heavy atom. The smallest absolute Gasteiger partial charge is 0.0934 e. The van der Waals surface area contributed by atoms with E-state index in [4.69, 9.17) is 10.8 Å². The number of nitrogens with one attached hydrogen (secondary N) is 1. The first kappa shape index (κ1) is 12.7. The van der Waals surface area contributed by atoms with E-state index in [0.717, 1.165) is 12.0 Å². The van der Waals surface area contributed by atoms with Gasteiger partial charge in [-0.25, -0.2) is 0 Å². The molecule has 0 aliphatic rings. The van der Waals surface area contributed by atoms with Gasteiger partial charge in [0.25, 0.3) is 0 Å². The number of rotatable bonds is 7. The predicted molar refractivity (Wildman–Crippen MR) is 60.5 cm³/mol. The minimum Gasteiger partial charge on any atom is -0.399 e. The van der Waals surface area contributed by atoms with Gasteiger partial charge < -0.3 is 10.8 Å². The standard InChI is InChI=1S/C11H18N2O/c1-3-4-5-11(12)7-6-10(2)8-13-9-14/h3,5-7,13-14H,1-2,4,8-9,12H2/b7-6-,11-5?. The van der Waals surface area contributed by atoms with Crippen molar-refractivity contribution in [1.29, 1.82) is 0 Å². The van der Waals surface area contributed by atoms with Crippen LogP contribution in [0.2, 0.25) is 0 Å². The normalized spacial score (nSPS) is 11.9. The second-order valence-corrected chi connectivity index (χ2v) is 2.80. The van der Waals surface area contributed by atoms with Crippen LogP contribution in [0.15, 0.2) is 48.7 Å². The molecule has 0 aliphatic carbocycles. The molecule has 0 aromatic rings.